The van der Waals surface area contributed by atoms with Gasteiger partial charge in [-0.05, 0) is 38.5 Å². The molecule has 1 aromatic carbocycles. The molecule has 2 nitrogen and oxygen atoms in total. The summed E-state index contributed by atoms with van der Waals surface area (Å²) in [6.45, 7) is 7.51. The van der Waals surface area contributed by atoms with Gasteiger partial charge in [0.1, 0.15) is 5.78 Å². The number of rotatable bonds is 6. The van der Waals surface area contributed by atoms with Gasteiger partial charge in [0, 0.05) is 30.4 Å². The third kappa shape index (κ3) is 4.08. The number of carbonyl (C=O) groups is 1. The first-order valence-corrected chi connectivity index (χ1v) is 6.69. The van der Waals surface area contributed by atoms with Crippen molar-refractivity contribution in [2.45, 2.75) is 33.2 Å². The molecule has 0 fully saturated rings. The van der Waals surface area contributed by atoms with Gasteiger partial charge in [-0.15, -0.1) is 0 Å². The lowest BCUT2D eigenvalue weighted by Gasteiger charge is -2.27. The van der Waals surface area contributed by atoms with Crippen LogP contribution in [0.15, 0.2) is 24.3 Å². The standard InChI is InChI=1S/C14H21NOS/c1-4-15(11(2)3)13-7-5-12(6-8-13)9-14(16)10-17/h5-8,11,17H,4,9-10H2,1-3H3. The van der Waals surface area contributed by atoms with Crippen molar-refractivity contribution in [3.05, 3.63) is 29.8 Å². The second kappa shape index (κ2) is 6.70. The average Bonchev–Trinajstić information content (AvgIpc) is 2.31. The van der Waals surface area contributed by atoms with Crippen LogP contribution in [0.3, 0.4) is 0 Å². The first kappa shape index (κ1) is 14.1. The fourth-order valence-corrected chi connectivity index (χ4v) is 2.05. The zero-order valence-corrected chi connectivity index (χ0v) is 11.7. The van der Waals surface area contributed by atoms with Crippen molar-refractivity contribution in [3.8, 4) is 0 Å². The molecule has 0 aliphatic heterocycles. The quantitative estimate of drug-likeness (QED) is 0.784. The van der Waals surface area contributed by atoms with Crippen molar-refractivity contribution in [2.24, 2.45) is 0 Å². The van der Waals surface area contributed by atoms with Crippen LogP contribution < -0.4 is 4.90 Å². The molecule has 0 unspecified atom stereocenters. The Balaban J connectivity index is 2.76. The summed E-state index contributed by atoms with van der Waals surface area (Å²) in [6.07, 6.45) is 0.484. The van der Waals surface area contributed by atoms with Gasteiger partial charge in [-0.1, -0.05) is 12.1 Å². The lowest BCUT2D eigenvalue weighted by molar-refractivity contribution is -0.115. The Morgan fingerprint density at radius 2 is 1.88 bits per heavy atom. The van der Waals surface area contributed by atoms with Crippen molar-refractivity contribution in [2.75, 3.05) is 17.2 Å². The minimum Gasteiger partial charge on any atom is -0.369 e. The van der Waals surface area contributed by atoms with E-state index in [1.54, 1.807) is 0 Å². The Hall–Kier alpha value is -0.960. The van der Waals surface area contributed by atoms with E-state index in [1.807, 2.05) is 12.1 Å². The van der Waals surface area contributed by atoms with Crippen LogP contribution in [0.4, 0.5) is 5.69 Å². The Labute approximate surface area is 109 Å². The molecule has 0 atom stereocenters. The lowest BCUT2D eigenvalue weighted by Crippen LogP contribution is -2.30. The number of nitrogens with zero attached hydrogens (tertiary/aromatic N) is 1. The molecule has 1 aromatic rings. The molecule has 94 valence electrons. The molecule has 17 heavy (non-hydrogen) atoms. The van der Waals surface area contributed by atoms with E-state index in [-0.39, 0.29) is 5.78 Å². The Morgan fingerprint density at radius 3 is 2.29 bits per heavy atom. The maximum Gasteiger partial charge on any atom is 0.146 e. The molecule has 0 aliphatic rings. The van der Waals surface area contributed by atoms with Crippen molar-refractivity contribution in [1.82, 2.24) is 0 Å². The number of hydrogen-bond donors (Lipinski definition) is 1. The highest BCUT2D eigenvalue weighted by molar-refractivity contribution is 7.81. The first-order chi connectivity index (χ1) is 8.08. The van der Waals surface area contributed by atoms with Crippen LogP contribution in [0.1, 0.15) is 26.3 Å². The smallest absolute Gasteiger partial charge is 0.146 e. The van der Waals surface area contributed by atoms with E-state index in [9.17, 15) is 4.79 Å². The van der Waals surface area contributed by atoms with Crippen LogP contribution in [0, 0.1) is 0 Å². The Morgan fingerprint density at radius 1 is 1.29 bits per heavy atom. The van der Waals surface area contributed by atoms with Crippen LogP contribution in [0.25, 0.3) is 0 Å². The number of anilines is 1. The van der Waals surface area contributed by atoms with Crippen molar-refractivity contribution >= 4 is 24.1 Å². The highest BCUT2D eigenvalue weighted by atomic mass is 32.1. The number of benzene rings is 1. The molecule has 0 aromatic heterocycles. The van der Waals surface area contributed by atoms with Gasteiger partial charge in [-0.2, -0.15) is 12.6 Å². The second-order valence-electron chi connectivity index (χ2n) is 4.42. The van der Waals surface area contributed by atoms with Gasteiger partial charge in [0.25, 0.3) is 0 Å². The van der Waals surface area contributed by atoms with Crippen LogP contribution in [-0.2, 0) is 11.2 Å². The summed E-state index contributed by atoms with van der Waals surface area (Å²) in [5.41, 5.74) is 2.28. The number of hydrogen-bond acceptors (Lipinski definition) is 3. The van der Waals surface area contributed by atoms with Crippen molar-refractivity contribution in [1.29, 1.82) is 0 Å². The fourth-order valence-electron chi connectivity index (χ4n) is 1.93. The largest absolute Gasteiger partial charge is 0.369 e. The topological polar surface area (TPSA) is 20.3 Å². The summed E-state index contributed by atoms with van der Waals surface area (Å²) in [6, 6.07) is 8.73. The second-order valence-corrected chi connectivity index (χ2v) is 4.74. The summed E-state index contributed by atoms with van der Waals surface area (Å²) >= 11 is 3.98. The molecular formula is C14H21NOS. The SMILES string of the molecule is CCN(c1ccc(CC(=O)CS)cc1)C(C)C. The molecule has 0 N–H and O–H groups in total. The summed E-state index contributed by atoms with van der Waals surface area (Å²) in [4.78, 5) is 13.6. The van der Waals surface area contributed by atoms with Gasteiger partial charge in [0.15, 0.2) is 0 Å². The molecule has 0 heterocycles. The molecular weight excluding hydrogens is 230 g/mol. The number of thiol groups is 1. The van der Waals surface area contributed by atoms with Crippen molar-refractivity contribution < 1.29 is 4.79 Å². The zero-order chi connectivity index (χ0) is 12.8. The fraction of sp³-hybridized carbons (Fsp3) is 0.500. The normalized spacial score (nSPS) is 10.6. The molecule has 0 spiro atoms. The predicted molar refractivity (Wildman–Crippen MR) is 77.2 cm³/mol. The lowest BCUT2D eigenvalue weighted by atomic mass is 10.1. The molecule has 0 bridgehead atoms. The van der Waals surface area contributed by atoms with Crippen LogP contribution >= 0.6 is 12.6 Å². The van der Waals surface area contributed by atoms with E-state index in [0.717, 1.165) is 12.1 Å². The van der Waals surface area contributed by atoms with Gasteiger partial charge in [0.05, 0.1) is 0 Å². The van der Waals surface area contributed by atoms with E-state index < -0.39 is 0 Å². The molecule has 1 rings (SSSR count). The summed E-state index contributed by atoms with van der Waals surface area (Å²) in [5.74, 6) is 0.478. The van der Waals surface area contributed by atoms with Gasteiger partial charge in [-0.25, -0.2) is 0 Å². The summed E-state index contributed by atoms with van der Waals surface area (Å²) in [5, 5.41) is 0. The van der Waals surface area contributed by atoms with E-state index in [1.165, 1.54) is 5.69 Å². The van der Waals surface area contributed by atoms with E-state index in [2.05, 4.69) is 50.4 Å². The Bertz CT molecular complexity index is 359. The monoisotopic (exact) mass is 251 g/mol. The molecule has 0 amide bonds. The zero-order valence-electron chi connectivity index (χ0n) is 10.8. The molecule has 0 saturated carbocycles. The first-order valence-electron chi connectivity index (χ1n) is 6.06. The minimum absolute atomic E-state index is 0.164. The minimum atomic E-state index is 0.164. The molecule has 3 heteroatoms. The highest BCUT2D eigenvalue weighted by Gasteiger charge is 2.08. The summed E-state index contributed by atoms with van der Waals surface area (Å²) in [7, 11) is 0. The van der Waals surface area contributed by atoms with E-state index in [0.29, 0.717) is 18.2 Å². The average molecular weight is 251 g/mol. The maximum atomic E-state index is 11.3. The van der Waals surface area contributed by atoms with E-state index >= 15 is 0 Å². The van der Waals surface area contributed by atoms with E-state index in [4.69, 9.17) is 0 Å². The van der Waals surface area contributed by atoms with Gasteiger partial charge in [-0.3, -0.25) is 4.79 Å². The molecule has 0 aliphatic carbocycles. The highest BCUT2D eigenvalue weighted by Crippen LogP contribution is 2.18. The maximum absolute atomic E-state index is 11.3. The number of ketones is 1. The number of Topliss-reactive ketones (excluding diaryl/α,β-unsaturated/α-hetero) is 1. The van der Waals surface area contributed by atoms with Crippen LogP contribution in [0.5, 0.6) is 0 Å². The molecule has 0 saturated heterocycles. The predicted octanol–water partition coefficient (Wildman–Crippen LogP) is 2.96. The van der Waals surface area contributed by atoms with Crippen molar-refractivity contribution in [3.63, 3.8) is 0 Å². The van der Waals surface area contributed by atoms with Crippen LogP contribution in [-0.4, -0.2) is 24.1 Å². The van der Waals surface area contributed by atoms with Gasteiger partial charge in [0.2, 0.25) is 0 Å². The Kier molecular flexibility index (Phi) is 5.56. The molecule has 0 radical (unpaired) electrons. The third-order valence-electron chi connectivity index (χ3n) is 2.81. The third-order valence-corrected chi connectivity index (χ3v) is 3.16. The van der Waals surface area contributed by atoms with Crippen LogP contribution in [0.2, 0.25) is 0 Å². The summed E-state index contributed by atoms with van der Waals surface area (Å²) < 4.78 is 0. The van der Waals surface area contributed by atoms with Gasteiger partial charge < -0.3 is 4.90 Å². The number of carbonyl (C=O) groups excluding carboxylic acids is 1. The van der Waals surface area contributed by atoms with Gasteiger partial charge >= 0.3 is 0 Å².